The van der Waals surface area contributed by atoms with E-state index in [0.717, 1.165) is 39.6 Å². The number of hydrogen-bond acceptors (Lipinski definition) is 5. The molecule has 0 saturated carbocycles. The number of aromatic hydroxyl groups is 1. The minimum absolute atomic E-state index is 0.148. The van der Waals surface area contributed by atoms with E-state index in [1.165, 1.54) is 0 Å². The van der Waals surface area contributed by atoms with Crippen LogP contribution in [0.25, 0.3) is 0 Å². The van der Waals surface area contributed by atoms with Gasteiger partial charge in [0.25, 0.3) is 0 Å². The van der Waals surface area contributed by atoms with Crippen LogP contribution in [-0.2, 0) is 6.42 Å². The van der Waals surface area contributed by atoms with Gasteiger partial charge >= 0.3 is 0 Å². The van der Waals surface area contributed by atoms with Crippen LogP contribution in [0.15, 0.2) is 40.4 Å². The predicted octanol–water partition coefficient (Wildman–Crippen LogP) is 6.46. The molecule has 0 spiro atoms. The molecule has 2 aromatic carbocycles. The lowest BCUT2D eigenvalue weighted by molar-refractivity contribution is 0.311. The van der Waals surface area contributed by atoms with E-state index in [2.05, 4.69) is 12.1 Å². The number of rotatable bonds is 10. The van der Waals surface area contributed by atoms with Gasteiger partial charge in [-0.15, -0.1) is 11.8 Å². The first-order valence-electron chi connectivity index (χ1n) is 9.60. The van der Waals surface area contributed by atoms with Crippen molar-refractivity contribution in [2.45, 2.75) is 51.3 Å². The average molecular weight is 422 g/mol. The Balaban J connectivity index is 1.99. The van der Waals surface area contributed by atoms with E-state index in [0.29, 0.717) is 36.5 Å². The van der Waals surface area contributed by atoms with Gasteiger partial charge in [-0.1, -0.05) is 49.2 Å². The summed E-state index contributed by atoms with van der Waals surface area (Å²) >= 11 is 8.05. The standard InChI is InChI=1S/C22H28ClNO3S/c1-4-8-17-19(12-11-16(22(17)25)18(5-2)24-26)27-13-7-14-28-20-10-6-9-15(3)21(20)23/h6,9-12,25-26H,4-5,7-8,13-14H2,1-3H3. The summed E-state index contributed by atoms with van der Waals surface area (Å²) in [6.07, 6.45) is 2.98. The molecule has 0 bridgehead atoms. The Morgan fingerprint density at radius 1 is 1.21 bits per heavy atom. The molecule has 0 aliphatic carbocycles. The van der Waals surface area contributed by atoms with Crippen molar-refractivity contribution in [3.05, 3.63) is 52.0 Å². The van der Waals surface area contributed by atoms with Gasteiger partial charge in [0.15, 0.2) is 0 Å². The maximum Gasteiger partial charge on any atom is 0.131 e. The van der Waals surface area contributed by atoms with Crippen LogP contribution in [0.1, 0.15) is 49.8 Å². The monoisotopic (exact) mass is 421 g/mol. The number of aryl methyl sites for hydroxylation is 1. The zero-order valence-corrected chi connectivity index (χ0v) is 18.2. The molecule has 0 aliphatic heterocycles. The Bertz CT molecular complexity index is 824. The summed E-state index contributed by atoms with van der Waals surface area (Å²) in [6, 6.07) is 9.66. The third kappa shape index (κ3) is 5.58. The summed E-state index contributed by atoms with van der Waals surface area (Å²) in [4.78, 5) is 1.09. The second kappa shape index (κ2) is 11.2. The van der Waals surface area contributed by atoms with Crippen LogP contribution < -0.4 is 4.74 Å². The van der Waals surface area contributed by atoms with Gasteiger partial charge in [-0.3, -0.25) is 0 Å². The van der Waals surface area contributed by atoms with Crippen LogP contribution in [-0.4, -0.2) is 28.4 Å². The largest absolute Gasteiger partial charge is 0.507 e. The van der Waals surface area contributed by atoms with Crippen molar-refractivity contribution in [1.82, 2.24) is 0 Å². The molecule has 2 aromatic rings. The molecule has 152 valence electrons. The molecule has 0 radical (unpaired) electrons. The highest BCUT2D eigenvalue weighted by Gasteiger charge is 2.16. The SMILES string of the molecule is CCCc1c(OCCCSc2cccc(C)c2Cl)ccc(C(CC)=NO)c1O. The summed E-state index contributed by atoms with van der Waals surface area (Å²) in [5, 5.41) is 23.9. The Labute approximate surface area is 176 Å². The molecule has 4 nitrogen and oxygen atoms in total. The highest BCUT2D eigenvalue weighted by Crippen LogP contribution is 2.34. The second-order valence-corrected chi connectivity index (χ2v) is 8.04. The van der Waals surface area contributed by atoms with Crippen molar-refractivity contribution in [2.75, 3.05) is 12.4 Å². The smallest absolute Gasteiger partial charge is 0.131 e. The van der Waals surface area contributed by atoms with Crippen LogP contribution in [0.3, 0.4) is 0 Å². The number of phenols is 1. The third-order valence-corrected chi connectivity index (χ3v) is 6.22. The topological polar surface area (TPSA) is 62.0 Å². The van der Waals surface area contributed by atoms with Gasteiger partial charge in [0.1, 0.15) is 11.5 Å². The van der Waals surface area contributed by atoms with Gasteiger partial charge in [0.05, 0.1) is 17.3 Å². The van der Waals surface area contributed by atoms with E-state index < -0.39 is 0 Å². The van der Waals surface area contributed by atoms with Crippen molar-refractivity contribution in [3.63, 3.8) is 0 Å². The van der Waals surface area contributed by atoms with E-state index in [1.54, 1.807) is 17.8 Å². The molecular weight excluding hydrogens is 394 g/mol. The van der Waals surface area contributed by atoms with Gasteiger partial charge in [-0.05, 0) is 49.9 Å². The van der Waals surface area contributed by atoms with Crippen LogP contribution >= 0.6 is 23.4 Å². The molecular formula is C22H28ClNO3S. The van der Waals surface area contributed by atoms with Crippen molar-refractivity contribution in [3.8, 4) is 11.5 Å². The fraction of sp³-hybridized carbons (Fsp3) is 0.409. The molecule has 0 fully saturated rings. The number of nitrogens with zero attached hydrogens (tertiary/aromatic N) is 1. The van der Waals surface area contributed by atoms with Crippen LogP contribution in [0.4, 0.5) is 0 Å². The summed E-state index contributed by atoms with van der Waals surface area (Å²) < 4.78 is 5.96. The lowest BCUT2D eigenvalue weighted by Gasteiger charge is -2.16. The third-order valence-electron chi connectivity index (χ3n) is 4.47. The maximum atomic E-state index is 10.7. The Hall–Kier alpha value is -1.85. The van der Waals surface area contributed by atoms with Gasteiger partial charge in [-0.2, -0.15) is 0 Å². The second-order valence-electron chi connectivity index (χ2n) is 6.53. The van der Waals surface area contributed by atoms with E-state index in [1.807, 2.05) is 38.1 Å². The fourth-order valence-electron chi connectivity index (χ4n) is 2.95. The highest BCUT2D eigenvalue weighted by molar-refractivity contribution is 7.99. The number of ether oxygens (including phenoxy) is 1. The first-order valence-corrected chi connectivity index (χ1v) is 11.0. The predicted molar refractivity (Wildman–Crippen MR) is 118 cm³/mol. The molecule has 0 heterocycles. The van der Waals surface area contributed by atoms with Crippen LogP contribution in [0, 0.1) is 6.92 Å². The number of thioether (sulfide) groups is 1. The van der Waals surface area contributed by atoms with E-state index in [9.17, 15) is 5.11 Å². The number of phenolic OH excluding ortho intramolecular Hbond substituents is 1. The van der Waals surface area contributed by atoms with E-state index in [4.69, 9.17) is 21.5 Å². The summed E-state index contributed by atoms with van der Waals surface area (Å²) in [6.45, 7) is 6.50. The molecule has 0 aromatic heterocycles. The zero-order chi connectivity index (χ0) is 20.5. The van der Waals surface area contributed by atoms with Gasteiger partial charge in [0, 0.05) is 21.8 Å². The fourth-order valence-corrected chi connectivity index (χ4v) is 4.18. The Morgan fingerprint density at radius 3 is 2.68 bits per heavy atom. The van der Waals surface area contributed by atoms with Crippen molar-refractivity contribution in [2.24, 2.45) is 5.16 Å². The number of oxime groups is 1. The quantitative estimate of drug-likeness (QED) is 0.152. The van der Waals surface area contributed by atoms with Crippen molar-refractivity contribution >= 4 is 29.1 Å². The normalized spacial score (nSPS) is 11.6. The highest BCUT2D eigenvalue weighted by atomic mass is 35.5. The molecule has 0 saturated heterocycles. The summed E-state index contributed by atoms with van der Waals surface area (Å²) in [5.74, 6) is 1.73. The maximum absolute atomic E-state index is 10.7. The average Bonchev–Trinajstić information content (AvgIpc) is 2.69. The van der Waals surface area contributed by atoms with Crippen LogP contribution in [0.2, 0.25) is 5.02 Å². The lowest BCUT2D eigenvalue weighted by atomic mass is 9.99. The molecule has 0 unspecified atom stereocenters. The van der Waals surface area contributed by atoms with Gasteiger partial charge in [-0.25, -0.2) is 0 Å². The molecule has 0 amide bonds. The van der Waals surface area contributed by atoms with Crippen molar-refractivity contribution in [1.29, 1.82) is 0 Å². The number of halogens is 1. The molecule has 28 heavy (non-hydrogen) atoms. The summed E-state index contributed by atoms with van der Waals surface area (Å²) in [5.41, 5.74) is 2.88. The molecule has 2 N–H and O–H groups in total. The van der Waals surface area contributed by atoms with Gasteiger partial charge < -0.3 is 15.1 Å². The van der Waals surface area contributed by atoms with Crippen molar-refractivity contribution < 1.29 is 15.1 Å². The van der Waals surface area contributed by atoms with Gasteiger partial charge in [0.2, 0.25) is 0 Å². The molecule has 0 aliphatic rings. The zero-order valence-electron chi connectivity index (χ0n) is 16.7. The minimum atomic E-state index is 0.148. The lowest BCUT2D eigenvalue weighted by Crippen LogP contribution is -2.06. The van der Waals surface area contributed by atoms with Crippen LogP contribution in [0.5, 0.6) is 11.5 Å². The summed E-state index contributed by atoms with van der Waals surface area (Å²) in [7, 11) is 0. The minimum Gasteiger partial charge on any atom is -0.507 e. The Kier molecular flexibility index (Phi) is 9.00. The van der Waals surface area contributed by atoms with E-state index in [-0.39, 0.29) is 5.75 Å². The number of hydrogen-bond donors (Lipinski definition) is 2. The first-order chi connectivity index (χ1) is 13.5. The number of benzene rings is 2. The molecule has 2 rings (SSSR count). The molecule has 0 atom stereocenters. The first kappa shape index (κ1) is 22.4. The molecule has 6 heteroatoms. The Morgan fingerprint density at radius 2 is 2.00 bits per heavy atom. The van der Waals surface area contributed by atoms with E-state index >= 15 is 0 Å².